The van der Waals surface area contributed by atoms with Gasteiger partial charge in [-0.05, 0) is 74.2 Å². The minimum atomic E-state index is -4.77. The molecule has 0 fully saturated rings. The van der Waals surface area contributed by atoms with Gasteiger partial charge in [-0.3, -0.25) is 4.79 Å². The first-order chi connectivity index (χ1) is 15.1. The number of carboxylic acids is 1. The number of hydrogen-bond donors (Lipinski definition) is 2. The molecule has 2 unspecified atom stereocenters. The van der Waals surface area contributed by atoms with Gasteiger partial charge >= 0.3 is 18.4 Å². The molecular formula is C22H23F3N2O4S. The van der Waals surface area contributed by atoms with Crippen molar-refractivity contribution in [2.75, 3.05) is 11.9 Å². The van der Waals surface area contributed by atoms with Gasteiger partial charge in [-0.1, -0.05) is 6.07 Å². The number of carbonyl (C=O) groups is 2. The van der Waals surface area contributed by atoms with Crippen molar-refractivity contribution in [3.05, 3.63) is 53.6 Å². The number of anilines is 1. The summed E-state index contributed by atoms with van der Waals surface area (Å²) in [6.07, 6.45) is -3.45. The number of carboxylic acid groups (broad SMARTS) is 1. The SMILES string of the molecule is CCN(C(=O)Nc1ccc(OC(F)(F)F)cc1)C1Cc2ccc(SC(C)C(=O)O)cc2C1. The lowest BCUT2D eigenvalue weighted by atomic mass is 10.1. The molecule has 0 aliphatic heterocycles. The van der Waals surface area contributed by atoms with Gasteiger partial charge in [0.25, 0.3) is 0 Å². The molecule has 0 saturated carbocycles. The van der Waals surface area contributed by atoms with E-state index in [1.165, 1.54) is 23.9 Å². The average Bonchev–Trinajstić information content (AvgIpc) is 3.11. The van der Waals surface area contributed by atoms with Gasteiger partial charge < -0.3 is 20.1 Å². The summed E-state index contributed by atoms with van der Waals surface area (Å²) in [6, 6.07) is 10.4. The summed E-state index contributed by atoms with van der Waals surface area (Å²) in [4.78, 5) is 26.5. The fraction of sp³-hybridized carbons (Fsp3) is 0.364. The predicted molar refractivity (Wildman–Crippen MR) is 115 cm³/mol. The number of halogens is 3. The minimum absolute atomic E-state index is 0.0695. The number of benzene rings is 2. The second-order valence-electron chi connectivity index (χ2n) is 7.38. The minimum Gasteiger partial charge on any atom is -0.480 e. The van der Waals surface area contributed by atoms with E-state index < -0.39 is 17.6 Å². The molecule has 2 amide bonds. The number of ether oxygens (including phenoxy) is 1. The van der Waals surface area contributed by atoms with Crippen LogP contribution in [0.25, 0.3) is 0 Å². The van der Waals surface area contributed by atoms with Gasteiger partial charge in [0.1, 0.15) is 11.0 Å². The van der Waals surface area contributed by atoms with Gasteiger partial charge in [0.2, 0.25) is 0 Å². The monoisotopic (exact) mass is 468 g/mol. The Hall–Kier alpha value is -2.88. The Bertz CT molecular complexity index is 982. The highest BCUT2D eigenvalue weighted by molar-refractivity contribution is 8.00. The summed E-state index contributed by atoms with van der Waals surface area (Å²) in [5.74, 6) is -1.24. The molecule has 0 saturated heterocycles. The number of likely N-dealkylation sites (N-methyl/N-ethyl adjacent to an activating group) is 1. The van der Waals surface area contributed by atoms with Crippen molar-refractivity contribution >= 4 is 29.4 Å². The lowest BCUT2D eigenvalue weighted by Crippen LogP contribution is -2.43. The molecule has 0 radical (unpaired) electrons. The van der Waals surface area contributed by atoms with Crippen LogP contribution in [-0.4, -0.2) is 46.2 Å². The molecule has 2 aromatic rings. The Morgan fingerprint density at radius 3 is 2.44 bits per heavy atom. The number of hydrogen-bond acceptors (Lipinski definition) is 4. The van der Waals surface area contributed by atoms with Crippen LogP contribution in [0, 0.1) is 0 Å². The zero-order valence-electron chi connectivity index (χ0n) is 17.5. The number of nitrogens with zero attached hydrogens (tertiary/aromatic N) is 1. The zero-order chi connectivity index (χ0) is 23.5. The number of amides is 2. The summed E-state index contributed by atoms with van der Waals surface area (Å²) in [6.45, 7) is 3.95. The molecule has 1 aliphatic rings. The molecule has 0 aromatic heterocycles. The van der Waals surface area contributed by atoms with E-state index >= 15 is 0 Å². The van der Waals surface area contributed by atoms with Crippen molar-refractivity contribution in [1.29, 1.82) is 0 Å². The number of rotatable bonds is 7. The lowest BCUT2D eigenvalue weighted by Gasteiger charge is -2.28. The third kappa shape index (κ3) is 6.09. The third-order valence-electron chi connectivity index (χ3n) is 5.13. The van der Waals surface area contributed by atoms with Crippen LogP contribution in [0.3, 0.4) is 0 Å². The summed E-state index contributed by atoms with van der Waals surface area (Å²) >= 11 is 1.27. The maximum atomic E-state index is 12.8. The number of aliphatic carboxylic acids is 1. The standard InChI is InChI=1S/C22H23F3N2O4S/c1-3-27(21(30)26-16-5-7-18(8-6-16)31-22(23,24)25)17-10-14-4-9-19(12-15(14)11-17)32-13(2)20(28)29/h4-9,12-13,17H,3,10-11H2,1-2H3,(H,26,30)(H,28,29). The topological polar surface area (TPSA) is 78.9 Å². The largest absolute Gasteiger partial charge is 0.573 e. The number of urea groups is 1. The van der Waals surface area contributed by atoms with Crippen LogP contribution in [-0.2, 0) is 17.6 Å². The first-order valence-electron chi connectivity index (χ1n) is 10.0. The van der Waals surface area contributed by atoms with Crippen molar-refractivity contribution in [2.45, 2.75) is 49.2 Å². The van der Waals surface area contributed by atoms with Crippen LogP contribution < -0.4 is 10.1 Å². The van der Waals surface area contributed by atoms with Gasteiger partial charge in [0, 0.05) is 23.2 Å². The second-order valence-corrected chi connectivity index (χ2v) is 8.79. The van der Waals surface area contributed by atoms with E-state index in [4.69, 9.17) is 5.11 Å². The van der Waals surface area contributed by atoms with Crippen LogP contribution >= 0.6 is 11.8 Å². The Balaban J connectivity index is 1.63. The highest BCUT2D eigenvalue weighted by Crippen LogP contribution is 2.32. The fourth-order valence-corrected chi connectivity index (χ4v) is 4.49. The first-order valence-corrected chi connectivity index (χ1v) is 10.9. The second kappa shape index (κ2) is 9.72. The van der Waals surface area contributed by atoms with Crippen molar-refractivity contribution in [2.24, 2.45) is 0 Å². The summed E-state index contributed by atoms with van der Waals surface area (Å²) in [5.41, 5.74) is 2.56. The Morgan fingerprint density at radius 2 is 1.84 bits per heavy atom. The van der Waals surface area contributed by atoms with Gasteiger partial charge in [-0.15, -0.1) is 24.9 Å². The van der Waals surface area contributed by atoms with E-state index in [9.17, 15) is 22.8 Å². The van der Waals surface area contributed by atoms with Gasteiger partial charge in [-0.25, -0.2) is 4.79 Å². The molecular weight excluding hydrogens is 445 g/mol. The van der Waals surface area contributed by atoms with E-state index in [0.29, 0.717) is 25.1 Å². The van der Waals surface area contributed by atoms with E-state index in [1.807, 2.05) is 25.1 Å². The van der Waals surface area contributed by atoms with Crippen LogP contribution in [0.1, 0.15) is 25.0 Å². The van der Waals surface area contributed by atoms with Crippen molar-refractivity contribution in [1.82, 2.24) is 4.90 Å². The molecule has 10 heteroatoms. The van der Waals surface area contributed by atoms with E-state index in [2.05, 4.69) is 10.1 Å². The van der Waals surface area contributed by atoms with E-state index in [0.717, 1.165) is 28.2 Å². The lowest BCUT2D eigenvalue weighted by molar-refractivity contribution is -0.274. The molecule has 0 bridgehead atoms. The molecule has 3 rings (SSSR count). The number of carbonyl (C=O) groups excluding carboxylic acids is 1. The zero-order valence-corrected chi connectivity index (χ0v) is 18.3. The van der Waals surface area contributed by atoms with Crippen LogP contribution in [0.2, 0.25) is 0 Å². The van der Waals surface area contributed by atoms with E-state index in [-0.39, 0.29) is 17.8 Å². The third-order valence-corrected chi connectivity index (χ3v) is 6.21. The molecule has 32 heavy (non-hydrogen) atoms. The quantitative estimate of drug-likeness (QED) is 0.548. The highest BCUT2D eigenvalue weighted by atomic mass is 32.2. The van der Waals surface area contributed by atoms with Crippen molar-refractivity contribution in [3.63, 3.8) is 0 Å². The van der Waals surface area contributed by atoms with Crippen LogP contribution in [0.4, 0.5) is 23.7 Å². The molecule has 6 nitrogen and oxygen atoms in total. The van der Waals surface area contributed by atoms with Crippen LogP contribution in [0.15, 0.2) is 47.4 Å². The molecule has 1 aliphatic carbocycles. The fourth-order valence-electron chi connectivity index (χ4n) is 3.62. The highest BCUT2D eigenvalue weighted by Gasteiger charge is 2.31. The Kier molecular flexibility index (Phi) is 7.22. The summed E-state index contributed by atoms with van der Waals surface area (Å²) in [5, 5.41) is 11.3. The van der Waals surface area contributed by atoms with E-state index in [1.54, 1.807) is 11.8 Å². The van der Waals surface area contributed by atoms with Crippen LogP contribution in [0.5, 0.6) is 5.75 Å². The summed E-state index contributed by atoms with van der Waals surface area (Å²) in [7, 11) is 0. The smallest absolute Gasteiger partial charge is 0.480 e. The van der Waals surface area contributed by atoms with Crippen molar-refractivity contribution < 1.29 is 32.6 Å². The predicted octanol–water partition coefficient (Wildman–Crippen LogP) is 5.17. The average molecular weight is 468 g/mol. The molecule has 0 heterocycles. The van der Waals surface area contributed by atoms with Gasteiger partial charge in [0.05, 0.1) is 0 Å². The maximum absolute atomic E-state index is 12.8. The normalized spacial score (nSPS) is 16.2. The summed E-state index contributed by atoms with van der Waals surface area (Å²) < 4.78 is 40.7. The number of fused-ring (bicyclic) bond motifs is 1. The Morgan fingerprint density at radius 1 is 1.19 bits per heavy atom. The maximum Gasteiger partial charge on any atom is 0.573 e. The molecule has 2 atom stereocenters. The van der Waals surface area contributed by atoms with Crippen molar-refractivity contribution in [3.8, 4) is 5.75 Å². The number of thioether (sulfide) groups is 1. The molecule has 172 valence electrons. The number of alkyl halides is 3. The van der Waals surface area contributed by atoms with Gasteiger partial charge in [-0.2, -0.15) is 0 Å². The molecule has 0 spiro atoms. The molecule has 2 N–H and O–H groups in total. The first kappa shape index (κ1) is 23.8. The molecule has 2 aromatic carbocycles. The Labute approximate surface area is 187 Å². The number of nitrogens with one attached hydrogen (secondary N) is 1. The van der Waals surface area contributed by atoms with Gasteiger partial charge in [0.15, 0.2) is 0 Å².